The Morgan fingerprint density at radius 2 is 1.83 bits per heavy atom. The molecule has 4 rings (SSSR count). The van der Waals surface area contributed by atoms with E-state index >= 15 is 0 Å². The van der Waals surface area contributed by atoms with E-state index in [4.69, 9.17) is 0 Å². The minimum atomic E-state index is 0. The molecule has 2 aromatic heterocycles. The SMILES string of the molecule is CN=C(NCCc1c(C)[nH]c2ccccc12)N1CCN(c2ncccn2)CC1.I. The van der Waals surface area contributed by atoms with Crippen molar-refractivity contribution < 1.29 is 0 Å². The fourth-order valence-electron chi connectivity index (χ4n) is 3.86. The van der Waals surface area contributed by atoms with Crippen molar-refractivity contribution in [2.45, 2.75) is 13.3 Å². The van der Waals surface area contributed by atoms with E-state index in [0.29, 0.717) is 0 Å². The van der Waals surface area contributed by atoms with E-state index in [9.17, 15) is 0 Å². The van der Waals surface area contributed by atoms with Gasteiger partial charge in [-0.1, -0.05) is 18.2 Å². The highest BCUT2D eigenvalue weighted by atomic mass is 127. The van der Waals surface area contributed by atoms with Gasteiger partial charge in [0.05, 0.1) is 0 Å². The number of H-pyrrole nitrogens is 1. The molecule has 0 atom stereocenters. The molecule has 154 valence electrons. The molecule has 1 saturated heterocycles. The molecule has 0 aliphatic carbocycles. The van der Waals surface area contributed by atoms with Crippen LogP contribution >= 0.6 is 24.0 Å². The van der Waals surface area contributed by atoms with E-state index < -0.39 is 0 Å². The lowest BCUT2D eigenvalue weighted by molar-refractivity contribution is 0.370. The van der Waals surface area contributed by atoms with Crippen LogP contribution in [0.4, 0.5) is 5.95 Å². The number of aromatic nitrogens is 3. The van der Waals surface area contributed by atoms with Crippen LogP contribution in [0, 0.1) is 6.92 Å². The maximum absolute atomic E-state index is 4.49. The first-order valence-corrected chi connectivity index (χ1v) is 9.80. The Balaban J connectivity index is 0.00000240. The fraction of sp³-hybridized carbons (Fsp3) is 0.381. The van der Waals surface area contributed by atoms with Crippen molar-refractivity contribution in [1.82, 2.24) is 25.2 Å². The number of piperazine rings is 1. The molecule has 1 aromatic carbocycles. The third-order valence-corrected chi connectivity index (χ3v) is 5.31. The molecule has 1 fully saturated rings. The Morgan fingerprint density at radius 3 is 2.55 bits per heavy atom. The van der Waals surface area contributed by atoms with Gasteiger partial charge in [0.2, 0.25) is 5.95 Å². The number of benzene rings is 1. The first-order valence-electron chi connectivity index (χ1n) is 9.80. The van der Waals surface area contributed by atoms with Crippen LogP contribution in [0.5, 0.6) is 0 Å². The number of anilines is 1. The third kappa shape index (κ3) is 4.80. The number of aryl methyl sites for hydroxylation is 1. The number of para-hydroxylation sites is 1. The number of guanidine groups is 1. The molecule has 0 amide bonds. The summed E-state index contributed by atoms with van der Waals surface area (Å²) in [7, 11) is 1.85. The average Bonchev–Trinajstić information content (AvgIpc) is 3.07. The maximum atomic E-state index is 4.49. The lowest BCUT2D eigenvalue weighted by Gasteiger charge is -2.36. The standard InChI is InChI=1S/C21H27N7.HI/c1-16-17(18-6-3-4-7-19(18)26-16)8-11-25-20(22-2)27-12-14-28(15-13-27)21-23-9-5-10-24-21;/h3-7,9-10,26H,8,11-15H2,1-2H3,(H,22,25);1H. The third-order valence-electron chi connectivity index (χ3n) is 5.31. The Labute approximate surface area is 188 Å². The van der Waals surface area contributed by atoms with Gasteiger partial charge in [0.15, 0.2) is 5.96 Å². The van der Waals surface area contributed by atoms with E-state index in [1.165, 1.54) is 22.2 Å². The normalized spacial score (nSPS) is 14.8. The number of aliphatic imine (C=N–C) groups is 1. The van der Waals surface area contributed by atoms with Crippen molar-refractivity contribution in [3.63, 3.8) is 0 Å². The lowest BCUT2D eigenvalue weighted by atomic mass is 10.1. The molecule has 1 aliphatic heterocycles. The van der Waals surface area contributed by atoms with Gasteiger partial charge in [0, 0.05) is 68.8 Å². The van der Waals surface area contributed by atoms with Gasteiger partial charge in [0.25, 0.3) is 0 Å². The van der Waals surface area contributed by atoms with Gasteiger partial charge in [-0.15, -0.1) is 24.0 Å². The highest BCUT2D eigenvalue weighted by Crippen LogP contribution is 2.22. The maximum Gasteiger partial charge on any atom is 0.225 e. The summed E-state index contributed by atoms with van der Waals surface area (Å²) >= 11 is 0. The van der Waals surface area contributed by atoms with Gasteiger partial charge in [-0.2, -0.15) is 0 Å². The van der Waals surface area contributed by atoms with E-state index in [1.807, 2.05) is 13.1 Å². The number of hydrogen-bond acceptors (Lipinski definition) is 4. The smallest absolute Gasteiger partial charge is 0.225 e. The van der Waals surface area contributed by atoms with E-state index in [1.54, 1.807) is 12.4 Å². The highest BCUT2D eigenvalue weighted by Gasteiger charge is 2.21. The largest absolute Gasteiger partial charge is 0.358 e. The van der Waals surface area contributed by atoms with Gasteiger partial charge < -0.3 is 20.1 Å². The summed E-state index contributed by atoms with van der Waals surface area (Å²) in [6.45, 7) is 6.61. The number of fused-ring (bicyclic) bond motifs is 1. The number of hydrogen-bond donors (Lipinski definition) is 2. The summed E-state index contributed by atoms with van der Waals surface area (Å²) in [4.78, 5) is 21.2. The molecule has 8 heteroatoms. The van der Waals surface area contributed by atoms with Crippen LogP contribution in [0.3, 0.4) is 0 Å². The molecule has 29 heavy (non-hydrogen) atoms. The Bertz CT molecular complexity index is 946. The quantitative estimate of drug-likeness (QED) is 0.324. The van der Waals surface area contributed by atoms with Crippen molar-refractivity contribution in [2.24, 2.45) is 4.99 Å². The summed E-state index contributed by atoms with van der Waals surface area (Å²) in [5.41, 5.74) is 3.83. The second kappa shape index (κ2) is 9.91. The second-order valence-electron chi connectivity index (χ2n) is 7.02. The molecule has 3 heterocycles. The van der Waals surface area contributed by atoms with Crippen LogP contribution < -0.4 is 10.2 Å². The minimum absolute atomic E-state index is 0. The zero-order valence-electron chi connectivity index (χ0n) is 16.9. The highest BCUT2D eigenvalue weighted by molar-refractivity contribution is 14.0. The summed E-state index contributed by atoms with van der Waals surface area (Å²) in [5, 5.41) is 4.85. The molecule has 7 nitrogen and oxygen atoms in total. The topological polar surface area (TPSA) is 72.4 Å². The van der Waals surface area contributed by atoms with Gasteiger partial charge >= 0.3 is 0 Å². The predicted molar refractivity (Wildman–Crippen MR) is 129 cm³/mol. The molecule has 0 bridgehead atoms. The Morgan fingerprint density at radius 1 is 1.10 bits per heavy atom. The summed E-state index contributed by atoms with van der Waals surface area (Å²) in [6.07, 6.45) is 4.55. The number of nitrogens with zero attached hydrogens (tertiary/aromatic N) is 5. The summed E-state index contributed by atoms with van der Waals surface area (Å²) in [6, 6.07) is 10.3. The van der Waals surface area contributed by atoms with Gasteiger partial charge in [-0.3, -0.25) is 4.99 Å². The van der Waals surface area contributed by atoms with E-state index in [-0.39, 0.29) is 24.0 Å². The molecule has 0 unspecified atom stereocenters. The fourth-order valence-corrected chi connectivity index (χ4v) is 3.86. The molecule has 0 radical (unpaired) electrons. The van der Waals surface area contributed by atoms with Crippen LogP contribution in [0.15, 0.2) is 47.7 Å². The van der Waals surface area contributed by atoms with Crippen LogP contribution in [0.25, 0.3) is 10.9 Å². The Kier molecular flexibility index (Phi) is 7.29. The molecule has 1 aliphatic rings. The van der Waals surface area contributed by atoms with Crippen molar-refractivity contribution >= 4 is 46.8 Å². The monoisotopic (exact) mass is 505 g/mol. The molecule has 0 saturated carbocycles. The second-order valence-corrected chi connectivity index (χ2v) is 7.02. The molecular formula is C21H28IN7. The van der Waals surface area contributed by atoms with Crippen molar-refractivity contribution in [1.29, 1.82) is 0 Å². The molecular weight excluding hydrogens is 477 g/mol. The number of halogens is 1. The first-order chi connectivity index (χ1) is 13.8. The van der Waals surface area contributed by atoms with E-state index in [0.717, 1.165) is 51.1 Å². The molecule has 3 aromatic rings. The van der Waals surface area contributed by atoms with Gasteiger partial charge in [-0.25, -0.2) is 9.97 Å². The lowest BCUT2D eigenvalue weighted by Crippen LogP contribution is -2.53. The zero-order valence-corrected chi connectivity index (χ0v) is 19.3. The summed E-state index contributed by atoms with van der Waals surface area (Å²) < 4.78 is 0. The molecule has 0 spiro atoms. The zero-order chi connectivity index (χ0) is 19.3. The minimum Gasteiger partial charge on any atom is -0.358 e. The predicted octanol–water partition coefficient (Wildman–Crippen LogP) is 2.82. The number of aromatic amines is 1. The molecule has 2 N–H and O–H groups in total. The van der Waals surface area contributed by atoms with Crippen LogP contribution in [0.2, 0.25) is 0 Å². The van der Waals surface area contributed by atoms with Crippen molar-refractivity contribution in [3.8, 4) is 0 Å². The van der Waals surface area contributed by atoms with Crippen LogP contribution in [0.1, 0.15) is 11.3 Å². The van der Waals surface area contributed by atoms with Crippen molar-refractivity contribution in [3.05, 3.63) is 54.0 Å². The van der Waals surface area contributed by atoms with Gasteiger partial charge in [0.1, 0.15) is 0 Å². The van der Waals surface area contributed by atoms with Gasteiger partial charge in [-0.05, 0) is 31.0 Å². The number of rotatable bonds is 4. The van der Waals surface area contributed by atoms with Crippen molar-refractivity contribution in [2.75, 3.05) is 44.7 Å². The summed E-state index contributed by atoms with van der Waals surface area (Å²) in [5.74, 6) is 1.77. The average molecular weight is 505 g/mol. The Hall–Kier alpha value is -2.36. The number of nitrogens with one attached hydrogen (secondary N) is 2. The van der Waals surface area contributed by atoms with E-state index in [2.05, 4.69) is 66.3 Å². The first kappa shape index (κ1) is 21.4. The van der Waals surface area contributed by atoms with Crippen LogP contribution in [-0.2, 0) is 6.42 Å². The van der Waals surface area contributed by atoms with Crippen LogP contribution in [-0.4, -0.2) is 65.6 Å².